The predicted octanol–water partition coefficient (Wildman–Crippen LogP) is 8.26. The van der Waals surface area contributed by atoms with E-state index in [0.717, 1.165) is 49.7 Å². The second-order valence-corrected chi connectivity index (χ2v) is 6.85. The van der Waals surface area contributed by atoms with Crippen LogP contribution in [0.1, 0.15) is 77.0 Å². The fraction of sp³-hybridized carbons (Fsp3) is 0.500. The van der Waals surface area contributed by atoms with Crippen molar-refractivity contribution in [1.82, 2.24) is 0 Å². The van der Waals surface area contributed by atoms with E-state index in [2.05, 4.69) is 39.5 Å². The van der Waals surface area contributed by atoms with Crippen molar-refractivity contribution in [3.63, 3.8) is 0 Å². The van der Waals surface area contributed by atoms with E-state index in [0.29, 0.717) is 0 Å². The normalized spacial score (nSPS) is 10.2. The molecular formula is C24H38. The van der Waals surface area contributed by atoms with Gasteiger partial charge in [0.15, 0.2) is 0 Å². The summed E-state index contributed by atoms with van der Waals surface area (Å²) >= 11 is 0. The average Bonchev–Trinajstić information content (AvgIpc) is 2.58. The molecule has 0 heterocycles. The summed E-state index contributed by atoms with van der Waals surface area (Å²) in [4.78, 5) is 0. The molecule has 0 aliphatic rings. The van der Waals surface area contributed by atoms with Gasteiger partial charge in [-0.3, -0.25) is 0 Å². The molecule has 24 heavy (non-hydrogen) atoms. The second-order valence-electron chi connectivity index (χ2n) is 6.85. The van der Waals surface area contributed by atoms with Crippen molar-refractivity contribution < 1.29 is 0 Å². The molecule has 0 aliphatic heterocycles. The predicted molar refractivity (Wildman–Crippen MR) is 112 cm³/mol. The Morgan fingerprint density at radius 1 is 0.458 bits per heavy atom. The molecule has 0 aromatic heterocycles. The van der Waals surface area contributed by atoms with E-state index < -0.39 is 0 Å². The lowest BCUT2D eigenvalue weighted by molar-refractivity contribution is 0.653. The van der Waals surface area contributed by atoms with Crippen LogP contribution in [0, 0.1) is 0 Å². The van der Waals surface area contributed by atoms with Crippen LogP contribution in [0.5, 0.6) is 0 Å². The summed E-state index contributed by atoms with van der Waals surface area (Å²) in [6.45, 7) is 23.8. The molecule has 0 unspecified atom stereocenters. The SMILES string of the molecule is C=CC(=C)CCCCC(=C)CCCCC(=C)CCCCC(=C)C=C. The maximum Gasteiger partial charge on any atom is -0.0285 e. The van der Waals surface area contributed by atoms with Crippen molar-refractivity contribution in [1.29, 1.82) is 0 Å². The second kappa shape index (κ2) is 15.0. The minimum absolute atomic E-state index is 1.07. The van der Waals surface area contributed by atoms with E-state index in [1.807, 2.05) is 12.2 Å². The number of unbranched alkanes of at least 4 members (excludes halogenated alkanes) is 3. The van der Waals surface area contributed by atoms with Gasteiger partial charge in [0.25, 0.3) is 0 Å². The molecule has 0 heteroatoms. The Morgan fingerprint density at radius 3 is 0.958 bits per heavy atom. The van der Waals surface area contributed by atoms with Crippen LogP contribution >= 0.6 is 0 Å². The van der Waals surface area contributed by atoms with Gasteiger partial charge in [-0.25, -0.2) is 0 Å². The van der Waals surface area contributed by atoms with Crippen LogP contribution in [0.3, 0.4) is 0 Å². The highest BCUT2D eigenvalue weighted by Crippen LogP contribution is 2.19. The molecule has 0 radical (unpaired) electrons. The maximum atomic E-state index is 4.21. The Bertz CT molecular complexity index is 391. The number of hydrogen-bond donors (Lipinski definition) is 0. The summed E-state index contributed by atoms with van der Waals surface area (Å²) < 4.78 is 0. The largest absolute Gasteiger partial charge is 0.0999 e. The summed E-state index contributed by atoms with van der Waals surface area (Å²) in [5.41, 5.74) is 5.08. The van der Waals surface area contributed by atoms with Crippen LogP contribution in [-0.2, 0) is 0 Å². The molecule has 0 saturated heterocycles. The first-order chi connectivity index (χ1) is 11.5. The lowest BCUT2D eigenvalue weighted by atomic mass is 9.98. The smallest absolute Gasteiger partial charge is 0.0285 e. The highest BCUT2D eigenvalue weighted by molar-refractivity contribution is 5.11. The van der Waals surface area contributed by atoms with Crippen LogP contribution in [-0.4, -0.2) is 0 Å². The molecule has 0 N–H and O–H groups in total. The third-order valence-electron chi connectivity index (χ3n) is 4.44. The zero-order chi connectivity index (χ0) is 18.2. The Labute approximate surface area is 151 Å². The zero-order valence-electron chi connectivity index (χ0n) is 15.9. The van der Waals surface area contributed by atoms with E-state index >= 15 is 0 Å². The van der Waals surface area contributed by atoms with Crippen molar-refractivity contribution in [2.45, 2.75) is 77.0 Å². The Kier molecular flexibility index (Phi) is 14.0. The van der Waals surface area contributed by atoms with Crippen molar-refractivity contribution >= 4 is 0 Å². The van der Waals surface area contributed by atoms with Gasteiger partial charge in [0.05, 0.1) is 0 Å². The summed E-state index contributed by atoms with van der Waals surface area (Å²) in [6.07, 6.45) is 17.8. The Balaban J connectivity index is 3.50. The van der Waals surface area contributed by atoms with E-state index in [9.17, 15) is 0 Å². The molecule has 0 saturated carbocycles. The maximum absolute atomic E-state index is 4.21. The van der Waals surface area contributed by atoms with Gasteiger partial charge in [0.1, 0.15) is 0 Å². The van der Waals surface area contributed by atoms with Gasteiger partial charge in [-0.05, 0) is 77.0 Å². The molecule has 0 nitrogen and oxygen atoms in total. The molecule has 0 atom stereocenters. The summed E-state index contributed by atoms with van der Waals surface area (Å²) in [7, 11) is 0. The van der Waals surface area contributed by atoms with E-state index in [-0.39, 0.29) is 0 Å². The van der Waals surface area contributed by atoms with E-state index in [1.165, 1.54) is 49.7 Å². The summed E-state index contributed by atoms with van der Waals surface area (Å²) in [5.74, 6) is 0. The molecule has 0 aliphatic carbocycles. The fourth-order valence-electron chi connectivity index (χ4n) is 2.66. The van der Waals surface area contributed by atoms with Gasteiger partial charge in [-0.1, -0.05) is 73.9 Å². The summed E-state index contributed by atoms with van der Waals surface area (Å²) in [5, 5.41) is 0. The number of allylic oxidation sites excluding steroid dienone is 6. The average molecular weight is 327 g/mol. The standard InChI is InChI=1S/C24H38/c1-7-21(3)15-9-11-17-23(5)19-13-14-20-24(6)18-12-10-16-22(4)8-2/h7-8H,1-6,9-20H2. The molecule has 0 aromatic rings. The molecule has 0 aromatic carbocycles. The van der Waals surface area contributed by atoms with Gasteiger partial charge in [-0.15, -0.1) is 0 Å². The van der Waals surface area contributed by atoms with Gasteiger partial charge in [0, 0.05) is 0 Å². The van der Waals surface area contributed by atoms with Crippen LogP contribution < -0.4 is 0 Å². The van der Waals surface area contributed by atoms with Crippen molar-refractivity contribution in [3.05, 3.63) is 73.9 Å². The molecule has 0 bridgehead atoms. The van der Waals surface area contributed by atoms with Gasteiger partial charge >= 0.3 is 0 Å². The highest BCUT2D eigenvalue weighted by Gasteiger charge is 1.99. The lowest BCUT2D eigenvalue weighted by Crippen LogP contribution is -1.88. The van der Waals surface area contributed by atoms with Crippen LogP contribution in [0.25, 0.3) is 0 Å². The minimum atomic E-state index is 1.07. The first-order valence-corrected chi connectivity index (χ1v) is 9.43. The van der Waals surface area contributed by atoms with Crippen LogP contribution in [0.2, 0.25) is 0 Å². The molecule has 0 fully saturated rings. The van der Waals surface area contributed by atoms with Crippen molar-refractivity contribution in [2.75, 3.05) is 0 Å². The third-order valence-corrected chi connectivity index (χ3v) is 4.44. The number of rotatable bonds is 17. The molecular weight excluding hydrogens is 288 g/mol. The van der Waals surface area contributed by atoms with E-state index in [1.54, 1.807) is 0 Å². The molecule has 0 rings (SSSR count). The van der Waals surface area contributed by atoms with Gasteiger partial charge in [-0.2, -0.15) is 0 Å². The minimum Gasteiger partial charge on any atom is -0.0999 e. The highest BCUT2D eigenvalue weighted by atomic mass is 14.1. The fourth-order valence-corrected chi connectivity index (χ4v) is 2.66. The first-order valence-electron chi connectivity index (χ1n) is 9.43. The van der Waals surface area contributed by atoms with Crippen molar-refractivity contribution in [3.8, 4) is 0 Å². The van der Waals surface area contributed by atoms with Crippen LogP contribution in [0.4, 0.5) is 0 Å². The van der Waals surface area contributed by atoms with Crippen molar-refractivity contribution in [2.24, 2.45) is 0 Å². The first kappa shape index (κ1) is 22.4. The monoisotopic (exact) mass is 326 g/mol. The van der Waals surface area contributed by atoms with Gasteiger partial charge < -0.3 is 0 Å². The third kappa shape index (κ3) is 14.1. The quantitative estimate of drug-likeness (QED) is 0.143. The zero-order valence-corrected chi connectivity index (χ0v) is 15.9. The topological polar surface area (TPSA) is 0 Å². The lowest BCUT2D eigenvalue weighted by Gasteiger charge is -2.08. The molecule has 0 spiro atoms. The van der Waals surface area contributed by atoms with E-state index in [4.69, 9.17) is 0 Å². The van der Waals surface area contributed by atoms with Gasteiger partial charge in [0.2, 0.25) is 0 Å². The number of hydrogen-bond acceptors (Lipinski definition) is 0. The Hall–Kier alpha value is -1.56. The summed E-state index contributed by atoms with van der Waals surface area (Å²) in [6, 6.07) is 0. The Morgan fingerprint density at radius 2 is 0.708 bits per heavy atom. The molecule has 134 valence electrons. The van der Waals surface area contributed by atoms with Crippen LogP contribution in [0.15, 0.2) is 73.9 Å². The molecule has 0 amide bonds.